The minimum Gasteiger partial charge on any atom is -0.491 e. The Morgan fingerprint density at radius 2 is 1.80 bits per heavy atom. The molecule has 0 saturated carbocycles. The van der Waals surface area contributed by atoms with Crippen LogP contribution in [0, 0.1) is 11.3 Å². The Kier molecular flexibility index (Phi) is 6.55. The number of hydrazone groups is 1. The molecule has 2 rings (SSSR count). The average Bonchev–Trinajstić information content (AvgIpc) is 2.61. The van der Waals surface area contributed by atoms with E-state index in [4.69, 9.17) is 14.7 Å². The molecule has 0 aliphatic rings. The van der Waals surface area contributed by atoms with Crippen LogP contribution in [0.5, 0.6) is 11.5 Å². The van der Waals surface area contributed by atoms with Crippen LogP contribution in [0.3, 0.4) is 0 Å². The molecular weight excluding hydrogens is 318 g/mol. The highest BCUT2D eigenvalue weighted by molar-refractivity contribution is 5.95. The fourth-order valence-electron chi connectivity index (χ4n) is 1.95. The number of amides is 1. The summed E-state index contributed by atoms with van der Waals surface area (Å²) in [5, 5.41) is 12.4. The zero-order chi connectivity index (χ0) is 18.1. The summed E-state index contributed by atoms with van der Waals surface area (Å²) in [6.45, 7) is 3.89. The molecule has 0 fully saturated rings. The van der Waals surface area contributed by atoms with E-state index in [1.54, 1.807) is 48.5 Å². The van der Waals surface area contributed by atoms with Gasteiger partial charge in [-0.15, -0.1) is 0 Å². The summed E-state index contributed by atoms with van der Waals surface area (Å²) in [6.07, 6.45) is 1.61. The van der Waals surface area contributed by atoms with E-state index in [0.29, 0.717) is 17.1 Å². The number of nitriles is 1. The average molecular weight is 337 g/mol. The number of carbonyl (C=O) groups excluding carboxylic acids is 1. The van der Waals surface area contributed by atoms with Gasteiger partial charge in [0.2, 0.25) is 0 Å². The molecule has 1 amide bonds. The van der Waals surface area contributed by atoms with Gasteiger partial charge >= 0.3 is 0 Å². The molecule has 1 N–H and O–H groups in total. The van der Waals surface area contributed by atoms with Crippen LogP contribution >= 0.6 is 0 Å². The van der Waals surface area contributed by atoms with E-state index < -0.39 is 0 Å². The first-order valence-corrected chi connectivity index (χ1v) is 7.78. The summed E-state index contributed by atoms with van der Waals surface area (Å²) in [6, 6.07) is 15.8. The highest BCUT2D eigenvalue weighted by atomic mass is 16.5. The highest BCUT2D eigenvalue weighted by Gasteiger charge is 2.05. The summed E-state index contributed by atoms with van der Waals surface area (Å²) in [4.78, 5) is 12.0. The maximum Gasteiger partial charge on any atom is 0.271 e. The molecule has 0 aliphatic carbocycles. The molecular formula is C19H19N3O3. The quantitative estimate of drug-likeness (QED) is 0.621. The lowest BCUT2D eigenvalue weighted by molar-refractivity contribution is 0.0955. The molecule has 0 atom stereocenters. The lowest BCUT2D eigenvalue weighted by Crippen LogP contribution is -2.17. The Morgan fingerprint density at radius 3 is 2.40 bits per heavy atom. The van der Waals surface area contributed by atoms with E-state index in [2.05, 4.69) is 10.5 Å². The summed E-state index contributed by atoms with van der Waals surface area (Å²) in [7, 11) is 0. The van der Waals surface area contributed by atoms with Crippen molar-refractivity contribution < 1.29 is 14.3 Å². The van der Waals surface area contributed by atoms with Gasteiger partial charge in [-0.25, -0.2) is 5.43 Å². The lowest BCUT2D eigenvalue weighted by Gasteiger charge is -2.09. The van der Waals surface area contributed by atoms with E-state index in [9.17, 15) is 4.79 Å². The predicted molar refractivity (Wildman–Crippen MR) is 94.8 cm³/mol. The maximum atomic E-state index is 12.0. The third kappa shape index (κ3) is 5.99. The van der Waals surface area contributed by atoms with Gasteiger partial charge in [0.05, 0.1) is 12.3 Å². The summed E-state index contributed by atoms with van der Waals surface area (Å²) >= 11 is 0. The number of hydrogen-bond donors (Lipinski definition) is 1. The molecule has 0 saturated heterocycles. The maximum absolute atomic E-state index is 12.0. The van der Waals surface area contributed by atoms with Gasteiger partial charge in [0.15, 0.2) is 6.61 Å². The Morgan fingerprint density at radius 1 is 1.16 bits per heavy atom. The molecule has 0 heterocycles. The Labute approximate surface area is 146 Å². The van der Waals surface area contributed by atoms with E-state index in [1.165, 1.54) is 6.21 Å². The van der Waals surface area contributed by atoms with Gasteiger partial charge in [-0.1, -0.05) is 0 Å². The van der Waals surface area contributed by atoms with Crippen molar-refractivity contribution >= 4 is 12.1 Å². The smallest absolute Gasteiger partial charge is 0.271 e. The molecule has 0 radical (unpaired) electrons. The van der Waals surface area contributed by atoms with Crippen LogP contribution < -0.4 is 14.9 Å². The first-order valence-electron chi connectivity index (χ1n) is 7.78. The fourth-order valence-corrected chi connectivity index (χ4v) is 1.95. The first kappa shape index (κ1) is 18.0. The van der Waals surface area contributed by atoms with Crippen LogP contribution in [0.4, 0.5) is 0 Å². The number of rotatable bonds is 7. The highest BCUT2D eigenvalue weighted by Crippen LogP contribution is 2.14. The zero-order valence-corrected chi connectivity index (χ0v) is 14.1. The van der Waals surface area contributed by atoms with E-state index in [0.717, 1.165) is 5.56 Å². The topological polar surface area (TPSA) is 83.7 Å². The van der Waals surface area contributed by atoms with Gasteiger partial charge in [0, 0.05) is 5.56 Å². The van der Waals surface area contributed by atoms with Crippen LogP contribution in [0.2, 0.25) is 0 Å². The molecule has 0 spiro atoms. The van der Waals surface area contributed by atoms with Crippen molar-refractivity contribution in [3.8, 4) is 17.6 Å². The Bertz CT molecular complexity index is 760. The van der Waals surface area contributed by atoms with Crippen LogP contribution in [-0.2, 0) is 0 Å². The number of nitrogens with zero attached hydrogens (tertiary/aromatic N) is 2. The molecule has 6 nitrogen and oxygen atoms in total. The second-order valence-corrected chi connectivity index (χ2v) is 5.41. The van der Waals surface area contributed by atoms with Crippen molar-refractivity contribution in [3.05, 3.63) is 59.7 Å². The van der Waals surface area contributed by atoms with Crippen molar-refractivity contribution in [2.45, 2.75) is 20.0 Å². The number of nitrogens with one attached hydrogen (secondary N) is 1. The van der Waals surface area contributed by atoms with Crippen molar-refractivity contribution in [2.75, 3.05) is 6.61 Å². The second-order valence-electron chi connectivity index (χ2n) is 5.41. The first-order chi connectivity index (χ1) is 12.1. The third-order valence-electron chi connectivity index (χ3n) is 3.05. The van der Waals surface area contributed by atoms with Crippen LogP contribution in [0.15, 0.2) is 53.6 Å². The van der Waals surface area contributed by atoms with Gasteiger partial charge in [-0.05, 0) is 67.9 Å². The normalized spacial score (nSPS) is 10.5. The zero-order valence-electron chi connectivity index (χ0n) is 14.1. The Balaban J connectivity index is 1.88. The van der Waals surface area contributed by atoms with Gasteiger partial charge in [-0.3, -0.25) is 4.79 Å². The minimum atomic E-state index is -0.304. The summed E-state index contributed by atoms with van der Waals surface area (Å²) in [5.41, 5.74) is 3.76. The predicted octanol–water partition coefficient (Wildman–Crippen LogP) is 3.14. The van der Waals surface area contributed by atoms with E-state index in [-0.39, 0.29) is 18.6 Å². The monoisotopic (exact) mass is 337 g/mol. The minimum absolute atomic E-state index is 0.00446. The second kappa shape index (κ2) is 9.08. The summed E-state index contributed by atoms with van der Waals surface area (Å²) in [5.74, 6) is 1.02. The van der Waals surface area contributed by atoms with E-state index >= 15 is 0 Å². The molecule has 128 valence electrons. The molecule has 6 heteroatoms. The molecule has 0 aromatic heterocycles. The number of carbonyl (C=O) groups is 1. The Hall–Kier alpha value is -3.33. The molecule has 0 unspecified atom stereocenters. The molecule has 0 aliphatic heterocycles. The van der Waals surface area contributed by atoms with Gasteiger partial charge in [0.25, 0.3) is 5.91 Å². The van der Waals surface area contributed by atoms with E-state index in [1.807, 2.05) is 19.9 Å². The molecule has 2 aromatic rings. The van der Waals surface area contributed by atoms with Crippen LogP contribution in [0.25, 0.3) is 0 Å². The van der Waals surface area contributed by atoms with Crippen molar-refractivity contribution in [2.24, 2.45) is 5.10 Å². The van der Waals surface area contributed by atoms with Crippen LogP contribution in [0.1, 0.15) is 29.8 Å². The van der Waals surface area contributed by atoms with Gasteiger partial charge in [0.1, 0.15) is 17.6 Å². The van der Waals surface area contributed by atoms with Gasteiger partial charge < -0.3 is 9.47 Å². The number of benzene rings is 2. The summed E-state index contributed by atoms with van der Waals surface area (Å²) < 4.78 is 10.7. The largest absolute Gasteiger partial charge is 0.491 e. The standard InChI is InChI=1S/C19H19N3O3/c1-14(2)25-18-9-5-16(6-10-18)19(23)22-21-13-15-3-7-17(8-4-15)24-12-11-20/h3-10,13-14H,12H2,1-2H3,(H,22,23)/b21-13-. The number of ether oxygens (including phenoxy) is 2. The SMILES string of the molecule is CC(C)Oc1ccc(C(=O)N/N=C\c2ccc(OCC#N)cc2)cc1. The van der Waals surface area contributed by atoms with Crippen LogP contribution in [-0.4, -0.2) is 24.8 Å². The lowest BCUT2D eigenvalue weighted by atomic mass is 10.2. The molecule has 0 bridgehead atoms. The third-order valence-corrected chi connectivity index (χ3v) is 3.05. The molecule has 25 heavy (non-hydrogen) atoms. The fraction of sp³-hybridized carbons (Fsp3) is 0.211. The number of hydrogen-bond acceptors (Lipinski definition) is 5. The van der Waals surface area contributed by atoms with Crippen molar-refractivity contribution in [1.29, 1.82) is 5.26 Å². The van der Waals surface area contributed by atoms with Crippen molar-refractivity contribution in [1.82, 2.24) is 5.43 Å². The van der Waals surface area contributed by atoms with Crippen molar-refractivity contribution in [3.63, 3.8) is 0 Å². The molecule has 2 aromatic carbocycles. The van der Waals surface area contributed by atoms with Gasteiger partial charge in [-0.2, -0.15) is 10.4 Å².